The van der Waals surface area contributed by atoms with E-state index in [1.165, 1.54) is 17.3 Å². The van der Waals surface area contributed by atoms with Crippen molar-refractivity contribution in [2.75, 3.05) is 0 Å². The maximum Gasteiger partial charge on any atom is 0.336 e. The van der Waals surface area contributed by atoms with Gasteiger partial charge in [0.1, 0.15) is 0 Å². The molecule has 3 aromatic rings. The Kier molecular flexibility index (Phi) is 3.24. The van der Waals surface area contributed by atoms with Crippen molar-refractivity contribution in [3.05, 3.63) is 59.8 Å². The predicted molar refractivity (Wildman–Crippen MR) is 80.6 cm³/mol. The maximum atomic E-state index is 11.3. The summed E-state index contributed by atoms with van der Waals surface area (Å²) in [5.74, 6) is -0.898. The molecule has 0 spiro atoms. The molecule has 100 valence electrons. The summed E-state index contributed by atoms with van der Waals surface area (Å²) < 4.78 is 0. The number of aromatic carboxylic acids is 1. The van der Waals surface area contributed by atoms with E-state index < -0.39 is 5.97 Å². The highest BCUT2D eigenvalue weighted by Gasteiger charge is 2.13. The van der Waals surface area contributed by atoms with Crippen molar-refractivity contribution in [3.63, 3.8) is 0 Å². The zero-order valence-corrected chi connectivity index (χ0v) is 11.7. The number of aromatic nitrogens is 1. The van der Waals surface area contributed by atoms with E-state index in [0.29, 0.717) is 5.56 Å². The zero-order valence-electron chi connectivity index (χ0n) is 10.9. The third kappa shape index (κ3) is 2.18. The Morgan fingerprint density at radius 3 is 2.70 bits per heavy atom. The molecule has 1 aromatic heterocycles. The third-order valence-electron chi connectivity index (χ3n) is 3.22. The average Bonchev–Trinajstić information content (AvgIpc) is 2.84. The van der Waals surface area contributed by atoms with E-state index in [9.17, 15) is 9.90 Å². The molecule has 0 atom stereocenters. The van der Waals surface area contributed by atoms with Gasteiger partial charge in [0.2, 0.25) is 0 Å². The van der Waals surface area contributed by atoms with Gasteiger partial charge in [0.25, 0.3) is 0 Å². The SMILES string of the molecule is Cc1cccc2[nH]cc(Sc3ccccc3C(=O)O)c12. The molecule has 4 heteroatoms. The molecule has 0 aliphatic carbocycles. The maximum absolute atomic E-state index is 11.3. The highest BCUT2D eigenvalue weighted by Crippen LogP contribution is 2.36. The van der Waals surface area contributed by atoms with Crippen LogP contribution in [0.25, 0.3) is 10.9 Å². The number of H-pyrrole nitrogens is 1. The largest absolute Gasteiger partial charge is 0.478 e. The van der Waals surface area contributed by atoms with Crippen LogP contribution in [0.1, 0.15) is 15.9 Å². The highest BCUT2D eigenvalue weighted by molar-refractivity contribution is 7.99. The van der Waals surface area contributed by atoms with Crippen LogP contribution in [-0.2, 0) is 0 Å². The lowest BCUT2D eigenvalue weighted by Crippen LogP contribution is -1.97. The summed E-state index contributed by atoms with van der Waals surface area (Å²) in [5.41, 5.74) is 2.58. The van der Waals surface area contributed by atoms with Gasteiger partial charge in [0, 0.05) is 26.9 Å². The molecular weight excluding hydrogens is 270 g/mol. The molecule has 0 unspecified atom stereocenters. The Bertz CT molecular complexity index is 792. The molecule has 0 saturated carbocycles. The molecule has 3 nitrogen and oxygen atoms in total. The van der Waals surface area contributed by atoms with Crippen LogP contribution in [0.3, 0.4) is 0 Å². The van der Waals surface area contributed by atoms with Crippen LogP contribution >= 0.6 is 11.8 Å². The number of rotatable bonds is 3. The molecule has 0 amide bonds. The summed E-state index contributed by atoms with van der Waals surface area (Å²) in [6, 6.07) is 13.2. The molecule has 0 radical (unpaired) electrons. The number of aromatic amines is 1. The first-order valence-corrected chi connectivity index (χ1v) is 7.05. The van der Waals surface area contributed by atoms with Crippen LogP contribution in [0.5, 0.6) is 0 Å². The molecule has 0 saturated heterocycles. The number of carboxylic acid groups (broad SMARTS) is 1. The van der Waals surface area contributed by atoms with Crippen LogP contribution in [-0.4, -0.2) is 16.1 Å². The average molecular weight is 283 g/mol. The van der Waals surface area contributed by atoms with E-state index >= 15 is 0 Å². The van der Waals surface area contributed by atoms with Gasteiger partial charge in [-0.25, -0.2) is 4.79 Å². The number of aryl methyl sites for hydroxylation is 1. The van der Waals surface area contributed by atoms with Crippen molar-refractivity contribution >= 4 is 28.6 Å². The van der Waals surface area contributed by atoms with Gasteiger partial charge in [-0.1, -0.05) is 36.0 Å². The van der Waals surface area contributed by atoms with E-state index in [4.69, 9.17) is 0 Å². The number of nitrogens with one attached hydrogen (secondary N) is 1. The third-order valence-corrected chi connectivity index (χ3v) is 4.33. The van der Waals surface area contributed by atoms with Gasteiger partial charge in [-0.05, 0) is 30.7 Å². The summed E-state index contributed by atoms with van der Waals surface area (Å²) in [5, 5.41) is 10.4. The molecule has 2 N–H and O–H groups in total. The monoisotopic (exact) mass is 283 g/mol. The lowest BCUT2D eigenvalue weighted by molar-refractivity contribution is 0.0693. The predicted octanol–water partition coefficient (Wildman–Crippen LogP) is 4.33. The van der Waals surface area contributed by atoms with Crippen LogP contribution in [0.2, 0.25) is 0 Å². The molecule has 0 fully saturated rings. The lowest BCUT2D eigenvalue weighted by atomic mass is 10.1. The van der Waals surface area contributed by atoms with Crippen LogP contribution < -0.4 is 0 Å². The lowest BCUT2D eigenvalue weighted by Gasteiger charge is -2.05. The van der Waals surface area contributed by atoms with Crippen molar-refractivity contribution < 1.29 is 9.90 Å². The Labute approximate surface area is 120 Å². The van der Waals surface area contributed by atoms with Crippen LogP contribution in [0.4, 0.5) is 0 Å². The molecule has 0 aliphatic heterocycles. The highest BCUT2D eigenvalue weighted by atomic mass is 32.2. The van der Waals surface area contributed by atoms with Crippen molar-refractivity contribution in [1.82, 2.24) is 4.98 Å². The number of hydrogen-bond acceptors (Lipinski definition) is 2. The Balaban J connectivity index is 2.09. The van der Waals surface area contributed by atoms with Crippen molar-refractivity contribution in [3.8, 4) is 0 Å². The fraction of sp³-hybridized carbons (Fsp3) is 0.0625. The summed E-state index contributed by atoms with van der Waals surface area (Å²) in [6.45, 7) is 2.06. The number of hydrogen-bond donors (Lipinski definition) is 2. The Morgan fingerprint density at radius 1 is 1.10 bits per heavy atom. The van der Waals surface area contributed by atoms with Crippen molar-refractivity contribution in [2.24, 2.45) is 0 Å². The minimum atomic E-state index is -0.898. The van der Waals surface area contributed by atoms with Gasteiger partial charge < -0.3 is 10.1 Å². The minimum Gasteiger partial charge on any atom is -0.478 e. The summed E-state index contributed by atoms with van der Waals surface area (Å²) in [4.78, 5) is 16.3. The van der Waals surface area contributed by atoms with Gasteiger partial charge in [-0.15, -0.1) is 0 Å². The van der Waals surface area contributed by atoms with E-state index in [2.05, 4.69) is 18.0 Å². The molecule has 20 heavy (non-hydrogen) atoms. The van der Waals surface area contributed by atoms with Crippen LogP contribution in [0.15, 0.2) is 58.5 Å². The number of carboxylic acids is 1. The fourth-order valence-electron chi connectivity index (χ4n) is 2.26. The van der Waals surface area contributed by atoms with E-state index in [-0.39, 0.29) is 0 Å². The molecular formula is C16H13NO2S. The second kappa shape index (κ2) is 5.06. The summed E-state index contributed by atoms with van der Waals surface area (Å²) in [6.07, 6.45) is 1.93. The van der Waals surface area contributed by atoms with Crippen LogP contribution in [0, 0.1) is 6.92 Å². The normalized spacial score (nSPS) is 10.8. The summed E-state index contributed by atoms with van der Waals surface area (Å²) in [7, 11) is 0. The molecule has 2 aromatic carbocycles. The van der Waals surface area contributed by atoms with Crippen molar-refractivity contribution in [1.29, 1.82) is 0 Å². The van der Waals surface area contributed by atoms with Gasteiger partial charge in [-0.3, -0.25) is 0 Å². The van der Waals surface area contributed by atoms with Gasteiger partial charge in [0.15, 0.2) is 0 Å². The molecule has 3 rings (SSSR count). The second-order valence-corrected chi connectivity index (χ2v) is 5.64. The first-order chi connectivity index (χ1) is 9.66. The second-order valence-electron chi connectivity index (χ2n) is 4.55. The number of carbonyl (C=O) groups is 1. The fourth-order valence-corrected chi connectivity index (χ4v) is 3.40. The Hall–Kier alpha value is -2.20. The van der Waals surface area contributed by atoms with Gasteiger partial charge in [0.05, 0.1) is 5.56 Å². The van der Waals surface area contributed by atoms with E-state index in [1.54, 1.807) is 12.1 Å². The smallest absolute Gasteiger partial charge is 0.336 e. The van der Waals surface area contributed by atoms with Gasteiger partial charge in [-0.2, -0.15) is 0 Å². The molecule has 0 aliphatic rings. The quantitative estimate of drug-likeness (QED) is 0.752. The van der Waals surface area contributed by atoms with E-state index in [0.717, 1.165) is 20.7 Å². The number of fused-ring (bicyclic) bond motifs is 1. The standard InChI is InChI=1S/C16H13NO2S/c1-10-5-4-7-12-15(10)14(9-17-12)20-13-8-3-2-6-11(13)16(18)19/h2-9,17H,1H3,(H,18,19). The first kappa shape index (κ1) is 12.8. The summed E-state index contributed by atoms with van der Waals surface area (Å²) >= 11 is 1.48. The minimum absolute atomic E-state index is 0.334. The number of benzene rings is 2. The van der Waals surface area contributed by atoms with Gasteiger partial charge >= 0.3 is 5.97 Å². The topological polar surface area (TPSA) is 53.1 Å². The molecule has 0 bridgehead atoms. The first-order valence-electron chi connectivity index (χ1n) is 6.23. The van der Waals surface area contributed by atoms with E-state index in [1.807, 2.05) is 30.5 Å². The molecule has 1 heterocycles. The Morgan fingerprint density at radius 2 is 1.90 bits per heavy atom. The van der Waals surface area contributed by atoms with Crippen molar-refractivity contribution in [2.45, 2.75) is 16.7 Å². The zero-order chi connectivity index (χ0) is 14.1.